The Morgan fingerprint density at radius 1 is 0.852 bits per heavy atom. The number of fused-ring (bicyclic) bond motifs is 1. The van der Waals surface area contributed by atoms with Crippen molar-refractivity contribution in [1.29, 1.82) is 0 Å². The van der Waals surface area contributed by atoms with Crippen molar-refractivity contribution >= 4 is 46.0 Å². The van der Waals surface area contributed by atoms with Gasteiger partial charge < -0.3 is 29.0 Å². The summed E-state index contributed by atoms with van der Waals surface area (Å²) in [6, 6.07) is 39.2. The highest BCUT2D eigenvalue weighted by Crippen LogP contribution is 2.49. The molecule has 0 aliphatic carbocycles. The van der Waals surface area contributed by atoms with E-state index in [1.807, 2.05) is 74.5 Å². The lowest BCUT2D eigenvalue weighted by molar-refractivity contribution is -0.196. The largest absolute Gasteiger partial charge is 0.462 e. The number of amidine groups is 1. The Hall–Kier alpha value is -4.69. The van der Waals surface area contributed by atoms with Gasteiger partial charge >= 0.3 is 5.97 Å². The number of esters is 1. The zero-order chi connectivity index (χ0) is 37.7. The molecule has 4 atom stereocenters. The van der Waals surface area contributed by atoms with Crippen LogP contribution in [0.2, 0.25) is 0 Å². The van der Waals surface area contributed by atoms with Gasteiger partial charge in [-0.05, 0) is 67.4 Å². The summed E-state index contributed by atoms with van der Waals surface area (Å²) < 4.78 is 37.2. The first kappa shape index (κ1) is 37.6. The zero-order valence-electron chi connectivity index (χ0n) is 30.3. The van der Waals surface area contributed by atoms with Gasteiger partial charge in [0.1, 0.15) is 41.4 Å². The lowest BCUT2D eigenvalue weighted by Crippen LogP contribution is -2.39. The molecule has 10 nitrogen and oxygen atoms in total. The molecule has 12 heteroatoms. The second-order valence-electron chi connectivity index (χ2n) is 13.2. The van der Waals surface area contributed by atoms with Crippen LogP contribution in [0, 0.1) is 0 Å². The molecule has 4 aromatic carbocycles. The van der Waals surface area contributed by atoms with Crippen molar-refractivity contribution < 1.29 is 33.3 Å². The molecule has 5 aromatic rings. The predicted octanol–water partition coefficient (Wildman–Crippen LogP) is 8.07. The van der Waals surface area contributed by atoms with Crippen molar-refractivity contribution in [1.82, 2.24) is 9.69 Å². The molecule has 2 aliphatic heterocycles. The number of hydrogen-bond donors (Lipinski definition) is 1. The number of thioether (sulfide) groups is 1. The van der Waals surface area contributed by atoms with Crippen LogP contribution in [-0.2, 0) is 29.3 Å². The quantitative estimate of drug-likeness (QED) is 0.0617. The first-order valence-corrected chi connectivity index (χ1v) is 19.7. The summed E-state index contributed by atoms with van der Waals surface area (Å²) >= 11 is 2.19. The number of benzene rings is 4. The van der Waals surface area contributed by atoms with Crippen LogP contribution in [0.3, 0.4) is 0 Å². The third kappa shape index (κ3) is 7.63. The molecule has 1 aromatic heterocycles. The molecule has 1 N–H and O–H groups in total. The Morgan fingerprint density at radius 2 is 1.39 bits per heavy atom. The van der Waals surface area contributed by atoms with Gasteiger partial charge in [0, 0.05) is 5.56 Å². The van der Waals surface area contributed by atoms with Crippen molar-refractivity contribution in [3.8, 4) is 0 Å². The maximum atomic E-state index is 13.3. The van der Waals surface area contributed by atoms with Crippen molar-refractivity contribution in [2.75, 3.05) is 19.5 Å². The van der Waals surface area contributed by atoms with E-state index in [1.165, 1.54) is 11.8 Å². The molecule has 1 amide bonds. The highest BCUT2D eigenvalue weighted by molar-refractivity contribution is 8.13. The van der Waals surface area contributed by atoms with Gasteiger partial charge in [0.2, 0.25) is 0 Å². The lowest BCUT2D eigenvalue weighted by Gasteiger charge is -2.37. The van der Waals surface area contributed by atoms with E-state index in [4.69, 9.17) is 33.1 Å². The second kappa shape index (κ2) is 16.4. The van der Waals surface area contributed by atoms with E-state index in [9.17, 15) is 9.59 Å². The Bertz CT molecular complexity index is 1980. The first-order valence-electron chi connectivity index (χ1n) is 17.7. The summed E-state index contributed by atoms with van der Waals surface area (Å²) in [6.45, 7) is 5.73. The van der Waals surface area contributed by atoms with Crippen LogP contribution in [-0.4, -0.2) is 65.0 Å². The maximum absolute atomic E-state index is 13.3. The minimum atomic E-state index is -0.993. The van der Waals surface area contributed by atoms with Gasteiger partial charge in [-0.15, -0.1) is 0 Å². The number of nitrogens with one attached hydrogen (secondary N) is 1. The summed E-state index contributed by atoms with van der Waals surface area (Å²) in [5.41, 5.74) is 2.95. The van der Waals surface area contributed by atoms with E-state index in [0.29, 0.717) is 11.3 Å². The number of carbonyl (C=O) groups is 2. The third-order valence-corrected chi connectivity index (χ3v) is 10.7. The minimum absolute atomic E-state index is 0.118. The Morgan fingerprint density at radius 3 is 1.93 bits per heavy atom. The van der Waals surface area contributed by atoms with Gasteiger partial charge in [-0.1, -0.05) is 121 Å². The molecule has 7 rings (SSSR count). The summed E-state index contributed by atoms with van der Waals surface area (Å²) in [5, 5.41) is 3.14. The average molecular weight is 764 g/mol. The number of aromatic nitrogens is 1. The van der Waals surface area contributed by atoms with Gasteiger partial charge in [0.05, 0.1) is 13.2 Å². The smallest absolute Gasteiger partial charge is 0.352 e. The van der Waals surface area contributed by atoms with Gasteiger partial charge in [0.15, 0.2) is 15.8 Å². The number of carbonyl (C=O) groups excluding carboxylic acids is 2. The number of amides is 1. The molecule has 2 fully saturated rings. The molecular formula is C42H41N3O7S2. The zero-order valence-corrected chi connectivity index (χ0v) is 32.0. The van der Waals surface area contributed by atoms with Crippen LogP contribution in [0.1, 0.15) is 69.3 Å². The van der Waals surface area contributed by atoms with Crippen LogP contribution in [0.25, 0.3) is 0 Å². The van der Waals surface area contributed by atoms with Crippen LogP contribution >= 0.6 is 23.3 Å². The van der Waals surface area contributed by atoms with E-state index < -0.39 is 41.8 Å². The Balaban J connectivity index is 1.26. The average Bonchev–Trinajstić information content (AvgIpc) is 3.86. The molecule has 278 valence electrons. The van der Waals surface area contributed by atoms with Crippen molar-refractivity contribution in [3.05, 3.63) is 154 Å². The summed E-state index contributed by atoms with van der Waals surface area (Å²) in [5.74, 6) is -1.86. The predicted molar refractivity (Wildman–Crippen MR) is 209 cm³/mol. The molecule has 0 radical (unpaired) electrons. The Labute approximate surface area is 323 Å². The highest BCUT2D eigenvalue weighted by Gasteiger charge is 2.57. The van der Waals surface area contributed by atoms with Gasteiger partial charge in [0.25, 0.3) is 5.91 Å². The van der Waals surface area contributed by atoms with Crippen LogP contribution in [0.15, 0.2) is 126 Å². The molecule has 0 spiro atoms. The highest BCUT2D eigenvalue weighted by atomic mass is 32.2. The van der Waals surface area contributed by atoms with Gasteiger partial charge in [-0.2, -0.15) is 4.37 Å². The van der Waals surface area contributed by atoms with Crippen LogP contribution < -0.4 is 5.32 Å². The van der Waals surface area contributed by atoms with Crippen molar-refractivity contribution in [2.24, 2.45) is 4.99 Å². The van der Waals surface area contributed by atoms with Crippen LogP contribution in [0.5, 0.6) is 0 Å². The molecule has 0 bridgehead atoms. The van der Waals surface area contributed by atoms with E-state index in [-0.39, 0.29) is 34.9 Å². The molecule has 0 unspecified atom stereocenters. The van der Waals surface area contributed by atoms with E-state index in [0.717, 1.165) is 28.2 Å². The minimum Gasteiger partial charge on any atom is -0.462 e. The first-order chi connectivity index (χ1) is 26.2. The number of hydrogen-bond acceptors (Lipinski definition) is 11. The van der Waals surface area contributed by atoms with E-state index >= 15 is 0 Å². The number of ether oxygens (including phenoxy) is 5. The van der Waals surface area contributed by atoms with Crippen LogP contribution in [0.4, 0.5) is 5.69 Å². The Kier molecular flexibility index (Phi) is 11.4. The van der Waals surface area contributed by atoms with E-state index in [2.05, 4.69) is 41.7 Å². The van der Waals surface area contributed by atoms with Gasteiger partial charge in [-0.3, -0.25) is 4.79 Å². The summed E-state index contributed by atoms with van der Waals surface area (Å²) in [7, 11) is 0. The molecule has 0 saturated carbocycles. The second-order valence-corrected chi connectivity index (χ2v) is 14.7. The van der Waals surface area contributed by atoms with Gasteiger partial charge in [-0.25, -0.2) is 9.79 Å². The molecule has 2 saturated heterocycles. The standard InChI is InChI=1S/C42H41N3O7S2/c1-5-48-39(47)37-33(43-40(53-4)44-38(46)27-18-10-6-11-19-27)32(45-54-37)35-36-34(51-41(2,3)52-36)31(50-35)26-49-42(28-20-12-7-13-21-28,29-22-14-8-15-23-29)30-24-16-9-17-25-30/h6-25,31,34-36H,5,26H2,1-4H3,(H,43,44,46)/t31-,34-,35+,36-/m1/s1. The van der Waals surface area contributed by atoms with Crippen molar-refractivity contribution in [2.45, 2.75) is 56.6 Å². The SMILES string of the molecule is CCOC(=O)c1snc([C@@H]2O[C@H](COC(c3ccccc3)(c3ccccc3)c3ccccc3)[C@H]3OC(C)(C)O[C@H]32)c1N=C(NC(=O)c1ccccc1)SC. The van der Waals surface area contributed by atoms with E-state index in [1.54, 1.807) is 37.4 Å². The monoisotopic (exact) mass is 763 g/mol. The van der Waals surface area contributed by atoms with Crippen molar-refractivity contribution in [3.63, 3.8) is 0 Å². The number of nitrogens with zero attached hydrogens (tertiary/aromatic N) is 2. The molecular weight excluding hydrogens is 723 g/mol. The lowest BCUT2D eigenvalue weighted by atomic mass is 9.80. The normalized spacial score (nSPS) is 20.7. The summed E-state index contributed by atoms with van der Waals surface area (Å²) in [4.78, 5) is 31.4. The molecule has 54 heavy (non-hydrogen) atoms. The maximum Gasteiger partial charge on any atom is 0.352 e. The number of aliphatic imine (C=N–C) groups is 1. The summed E-state index contributed by atoms with van der Waals surface area (Å²) in [6.07, 6.45) is -0.781. The molecule has 2 aliphatic rings. The molecule has 3 heterocycles. The fourth-order valence-corrected chi connectivity index (χ4v) is 8.05. The fourth-order valence-electron chi connectivity index (χ4n) is 6.92. The third-order valence-electron chi connectivity index (χ3n) is 9.24. The number of rotatable bonds is 11. The fraction of sp³-hybridized carbons (Fsp3) is 0.286. The topological polar surface area (TPSA) is 118 Å².